The van der Waals surface area contributed by atoms with Crippen molar-refractivity contribution >= 4 is 25.9 Å². The van der Waals surface area contributed by atoms with Gasteiger partial charge in [-0.25, -0.2) is 8.78 Å². The Morgan fingerprint density at radius 2 is 1.78 bits per heavy atom. The first kappa shape index (κ1) is 33.2. The van der Waals surface area contributed by atoms with Crippen LogP contribution < -0.4 is 15.5 Å². The van der Waals surface area contributed by atoms with Crippen molar-refractivity contribution in [3.05, 3.63) is 99.0 Å². The third kappa shape index (κ3) is 6.68. The molecule has 2 atom stereocenters. The predicted octanol–water partition coefficient (Wildman–Crippen LogP) is 5.39. The second-order valence-corrected chi connectivity index (χ2v) is 18.2. The second-order valence-electron chi connectivity index (χ2n) is 13.4. The number of Topliss-reactive ketones (excluding diaryl/α,β-unsaturated/α-hetero) is 1. The molecule has 0 aliphatic carbocycles. The molecule has 1 saturated heterocycles. The molecule has 2 bridgehead atoms. The number of nitrogens with one attached hydrogen (secondary N) is 1. The van der Waals surface area contributed by atoms with E-state index in [0.717, 1.165) is 11.6 Å². The molecule has 0 radical (unpaired) electrons. The molecular formula is C34H39F2N3O6Si. The van der Waals surface area contributed by atoms with Crippen LogP contribution in [0.5, 0.6) is 5.75 Å². The number of pyridine rings is 1. The number of halogens is 2. The molecule has 1 fully saturated rings. The van der Waals surface area contributed by atoms with Crippen LogP contribution >= 0.6 is 0 Å². The fraction of sp³-hybridized carbons (Fsp3) is 0.412. The SMILES string of the molecule is CC(C)(C)[Si](C)(C)OCC1CCC(=O)C2CN1C(=O)c1c(OCc3ccccc3)c(=O)c(C(=O)NCc3ccc(F)cc3F)cn12. The van der Waals surface area contributed by atoms with Gasteiger partial charge in [0.2, 0.25) is 5.43 Å². The summed E-state index contributed by atoms with van der Waals surface area (Å²) < 4.78 is 41.5. The molecule has 2 aliphatic heterocycles. The van der Waals surface area contributed by atoms with Gasteiger partial charge in [-0.3, -0.25) is 19.2 Å². The Kier molecular flexibility index (Phi) is 9.32. The van der Waals surface area contributed by atoms with Gasteiger partial charge in [-0.15, -0.1) is 0 Å². The Bertz CT molecular complexity index is 1720. The summed E-state index contributed by atoms with van der Waals surface area (Å²) in [5.41, 5.74) is -0.575. The van der Waals surface area contributed by atoms with Gasteiger partial charge in [0.05, 0.1) is 12.6 Å². The predicted molar refractivity (Wildman–Crippen MR) is 170 cm³/mol. The molecule has 0 saturated carbocycles. The van der Waals surface area contributed by atoms with Crippen LogP contribution in [-0.4, -0.2) is 54.6 Å². The van der Waals surface area contributed by atoms with Crippen molar-refractivity contribution in [2.75, 3.05) is 13.2 Å². The summed E-state index contributed by atoms with van der Waals surface area (Å²) in [4.78, 5) is 56.7. The molecule has 0 spiro atoms. The number of carbonyl (C=O) groups excluding carboxylic acids is 3. The molecule has 3 aromatic rings. The minimum atomic E-state index is -2.18. The van der Waals surface area contributed by atoms with Gasteiger partial charge in [0, 0.05) is 37.3 Å². The number of ketones is 1. The van der Waals surface area contributed by atoms with E-state index in [0.29, 0.717) is 12.5 Å². The highest BCUT2D eigenvalue weighted by Crippen LogP contribution is 2.38. The van der Waals surface area contributed by atoms with E-state index in [4.69, 9.17) is 9.16 Å². The van der Waals surface area contributed by atoms with Gasteiger partial charge in [-0.05, 0) is 36.2 Å². The topological polar surface area (TPSA) is 107 Å². The minimum Gasteiger partial charge on any atom is -0.483 e. The zero-order valence-electron chi connectivity index (χ0n) is 26.7. The lowest BCUT2D eigenvalue weighted by Gasteiger charge is -2.41. The number of benzene rings is 2. The minimum absolute atomic E-state index is 0.0177. The molecule has 2 amide bonds. The molecule has 244 valence electrons. The van der Waals surface area contributed by atoms with E-state index in [2.05, 4.69) is 39.2 Å². The van der Waals surface area contributed by atoms with Crippen LogP contribution in [0.1, 0.15) is 71.6 Å². The van der Waals surface area contributed by atoms with Crippen molar-refractivity contribution in [1.29, 1.82) is 0 Å². The average molecular weight is 652 g/mol. The first-order valence-electron chi connectivity index (χ1n) is 15.3. The van der Waals surface area contributed by atoms with E-state index < -0.39 is 49.3 Å². The Morgan fingerprint density at radius 1 is 1.07 bits per heavy atom. The van der Waals surface area contributed by atoms with Gasteiger partial charge >= 0.3 is 0 Å². The molecule has 1 N–H and O–H groups in total. The first-order valence-corrected chi connectivity index (χ1v) is 18.2. The van der Waals surface area contributed by atoms with Crippen LogP contribution in [0.25, 0.3) is 0 Å². The van der Waals surface area contributed by atoms with Gasteiger partial charge in [0.15, 0.2) is 25.5 Å². The molecule has 2 unspecified atom stereocenters. The number of nitrogens with zero attached hydrogens (tertiary/aromatic N) is 2. The second kappa shape index (κ2) is 12.9. The van der Waals surface area contributed by atoms with Gasteiger partial charge in [0.25, 0.3) is 11.8 Å². The van der Waals surface area contributed by atoms with Crippen molar-refractivity contribution in [3.8, 4) is 5.75 Å². The van der Waals surface area contributed by atoms with Gasteiger partial charge in [-0.1, -0.05) is 57.2 Å². The molecule has 9 nitrogen and oxygen atoms in total. The number of hydrogen-bond acceptors (Lipinski definition) is 6. The van der Waals surface area contributed by atoms with Crippen LogP contribution in [0.4, 0.5) is 8.78 Å². The summed E-state index contributed by atoms with van der Waals surface area (Å²) in [6, 6.07) is 10.7. The molecule has 5 rings (SSSR count). The van der Waals surface area contributed by atoms with Crippen molar-refractivity contribution < 1.29 is 32.3 Å². The van der Waals surface area contributed by atoms with E-state index in [-0.39, 0.29) is 66.1 Å². The number of carbonyl (C=O) groups is 3. The third-order valence-electron chi connectivity index (χ3n) is 9.27. The zero-order valence-corrected chi connectivity index (χ0v) is 27.7. The molecule has 46 heavy (non-hydrogen) atoms. The van der Waals surface area contributed by atoms with Crippen LogP contribution in [0.2, 0.25) is 18.1 Å². The molecular weight excluding hydrogens is 612 g/mol. The van der Waals surface area contributed by atoms with Crippen molar-refractivity contribution in [1.82, 2.24) is 14.8 Å². The standard InChI is InChI=1S/C34H39F2N3O6Si/c1-34(2,3)46(4,5)45-20-24-13-14-28(40)27-18-38(24)33(43)29-31(44-19-21-9-7-6-8-10-21)30(41)25(17-39(27)29)32(42)37-16-22-11-12-23(35)15-26(22)36/h6-12,15,17,24,27H,13-14,16,18-20H2,1-5H3,(H,37,42). The largest absolute Gasteiger partial charge is 0.483 e. The van der Waals surface area contributed by atoms with Crippen LogP contribution in [0, 0.1) is 11.6 Å². The smallest absolute Gasteiger partial charge is 0.274 e. The van der Waals surface area contributed by atoms with Crippen molar-refractivity contribution in [2.24, 2.45) is 0 Å². The summed E-state index contributed by atoms with van der Waals surface area (Å²) in [5, 5.41) is 2.45. The Morgan fingerprint density at radius 3 is 2.46 bits per heavy atom. The normalized spacial score (nSPS) is 18.2. The highest BCUT2D eigenvalue weighted by Gasteiger charge is 2.45. The first-order chi connectivity index (χ1) is 21.7. The Labute approximate surface area is 267 Å². The quantitative estimate of drug-likeness (QED) is 0.311. The van der Waals surface area contributed by atoms with Gasteiger partial charge in [-0.2, -0.15) is 0 Å². The summed E-state index contributed by atoms with van der Waals surface area (Å²) in [7, 11) is -2.18. The summed E-state index contributed by atoms with van der Waals surface area (Å²) in [6.07, 6.45) is 1.79. The molecule has 1 aromatic heterocycles. The van der Waals surface area contributed by atoms with Gasteiger partial charge in [0.1, 0.15) is 29.8 Å². The average Bonchev–Trinajstić information content (AvgIpc) is 3.14. The van der Waals surface area contributed by atoms with E-state index in [1.54, 1.807) is 29.2 Å². The van der Waals surface area contributed by atoms with Crippen molar-refractivity contribution in [2.45, 2.75) is 77.0 Å². The molecule has 2 aromatic carbocycles. The van der Waals surface area contributed by atoms with E-state index >= 15 is 0 Å². The summed E-state index contributed by atoms with van der Waals surface area (Å²) in [6.45, 7) is 10.5. The van der Waals surface area contributed by atoms with E-state index in [1.165, 1.54) is 16.8 Å². The van der Waals surface area contributed by atoms with Crippen LogP contribution in [0.3, 0.4) is 0 Å². The Balaban J connectivity index is 1.53. The zero-order chi connectivity index (χ0) is 33.4. The fourth-order valence-corrected chi connectivity index (χ4v) is 6.46. The Hall–Kier alpha value is -4.16. The lowest BCUT2D eigenvalue weighted by atomic mass is 10.0. The highest BCUT2D eigenvalue weighted by molar-refractivity contribution is 6.74. The highest BCUT2D eigenvalue weighted by atomic mass is 28.4. The number of amides is 2. The fourth-order valence-electron chi connectivity index (χ4n) is 5.41. The third-order valence-corrected chi connectivity index (χ3v) is 13.8. The molecule has 3 heterocycles. The number of ether oxygens (including phenoxy) is 1. The van der Waals surface area contributed by atoms with E-state index in [1.807, 2.05) is 6.07 Å². The van der Waals surface area contributed by atoms with E-state index in [9.17, 15) is 28.0 Å². The maximum absolute atomic E-state index is 14.2. The maximum Gasteiger partial charge on any atom is 0.274 e. The number of hydrogen-bond donors (Lipinski definition) is 1. The van der Waals surface area contributed by atoms with Crippen LogP contribution in [-0.2, 0) is 22.4 Å². The monoisotopic (exact) mass is 651 g/mol. The lowest BCUT2D eigenvalue weighted by Crippen LogP contribution is -2.52. The summed E-state index contributed by atoms with van der Waals surface area (Å²) in [5.74, 6) is -3.45. The lowest BCUT2D eigenvalue weighted by molar-refractivity contribution is -0.122. The number of aromatic nitrogens is 1. The van der Waals surface area contributed by atoms with Crippen molar-refractivity contribution in [3.63, 3.8) is 0 Å². The summed E-state index contributed by atoms with van der Waals surface area (Å²) >= 11 is 0. The van der Waals surface area contributed by atoms with Crippen LogP contribution in [0.15, 0.2) is 59.5 Å². The molecule has 2 aliphatic rings. The van der Waals surface area contributed by atoms with Gasteiger partial charge < -0.3 is 23.9 Å². The molecule has 12 heteroatoms. The maximum atomic E-state index is 14.2. The number of rotatable bonds is 9. The number of fused-ring (bicyclic) bond motifs is 4.